The molecule has 7 nitrogen and oxygen atoms in total. The second kappa shape index (κ2) is 10.7. The third-order valence-electron chi connectivity index (χ3n) is 7.37. The van der Waals surface area contributed by atoms with E-state index in [1.54, 1.807) is 24.5 Å². The quantitative estimate of drug-likeness (QED) is 0.526. The minimum Gasteiger partial charge on any atom is -0.364 e. The molecule has 1 saturated heterocycles. The number of nitrogens with zero attached hydrogens (tertiary/aromatic N) is 5. The molecule has 1 fully saturated rings. The first kappa shape index (κ1) is 26.1. The average molecular weight is 525 g/mol. The molecule has 0 spiro atoms. The Morgan fingerprint density at radius 3 is 2.50 bits per heavy atom. The largest absolute Gasteiger partial charge is 0.416 e. The minimum atomic E-state index is -4.52. The van der Waals surface area contributed by atoms with E-state index in [-0.39, 0.29) is 23.7 Å². The molecule has 2 aliphatic heterocycles. The van der Waals surface area contributed by atoms with Crippen LogP contribution in [0.15, 0.2) is 55.1 Å². The van der Waals surface area contributed by atoms with Crippen molar-refractivity contribution in [1.29, 1.82) is 0 Å². The minimum absolute atomic E-state index is 0.124. The van der Waals surface area contributed by atoms with Crippen LogP contribution in [0.3, 0.4) is 0 Å². The van der Waals surface area contributed by atoms with E-state index in [1.165, 1.54) is 12.4 Å². The molecule has 1 unspecified atom stereocenters. The van der Waals surface area contributed by atoms with Crippen LogP contribution in [0.1, 0.15) is 45.5 Å². The third-order valence-corrected chi connectivity index (χ3v) is 7.37. The molecule has 0 bridgehead atoms. The molecule has 10 heteroatoms. The van der Waals surface area contributed by atoms with Gasteiger partial charge in [-0.3, -0.25) is 9.69 Å². The van der Waals surface area contributed by atoms with Crippen molar-refractivity contribution in [2.45, 2.75) is 32.1 Å². The number of nitrogens with one attached hydrogen (secondary N) is 1. The standard InChI is InChI=1S/C28H31F3N6O/c1-19-15-37(24-13-32-18-33-14-24)17-22-11-20(4-6-25(19)22)27(38)34-23-5-3-21(26(12-23)28(29,30)31)16-36-9-7-35(2)8-10-36/h3-6,11-14,18-19H,7-10,15-17H2,1-2H3,(H,34,38). The van der Waals surface area contributed by atoms with Crippen LogP contribution in [0.5, 0.6) is 0 Å². The number of fused-ring (bicyclic) bond motifs is 1. The summed E-state index contributed by atoms with van der Waals surface area (Å²) in [5.41, 5.74) is 3.08. The van der Waals surface area contributed by atoms with Gasteiger partial charge in [0.2, 0.25) is 0 Å². The Hall–Kier alpha value is -3.50. The van der Waals surface area contributed by atoms with Crippen molar-refractivity contribution >= 4 is 17.3 Å². The van der Waals surface area contributed by atoms with Gasteiger partial charge in [-0.1, -0.05) is 19.1 Å². The topological polar surface area (TPSA) is 64.6 Å². The van der Waals surface area contributed by atoms with Crippen molar-refractivity contribution in [1.82, 2.24) is 19.8 Å². The summed E-state index contributed by atoms with van der Waals surface area (Å²) in [5.74, 6) is -0.209. The summed E-state index contributed by atoms with van der Waals surface area (Å²) in [5, 5.41) is 2.68. The van der Waals surface area contributed by atoms with Crippen molar-refractivity contribution in [2.75, 3.05) is 50.0 Å². The maximum atomic E-state index is 14.0. The zero-order chi connectivity index (χ0) is 26.9. The molecule has 0 radical (unpaired) electrons. The summed E-state index contributed by atoms with van der Waals surface area (Å²) in [4.78, 5) is 27.6. The van der Waals surface area contributed by atoms with E-state index < -0.39 is 17.6 Å². The lowest BCUT2D eigenvalue weighted by Crippen LogP contribution is -2.44. The number of hydrogen-bond donors (Lipinski definition) is 1. The average Bonchev–Trinajstić information content (AvgIpc) is 2.90. The number of rotatable bonds is 5. The maximum Gasteiger partial charge on any atom is 0.416 e. The molecule has 3 aromatic rings. The number of alkyl halides is 3. The lowest BCUT2D eigenvalue weighted by atomic mass is 9.89. The van der Waals surface area contributed by atoms with Gasteiger partial charge in [-0.25, -0.2) is 9.97 Å². The molecule has 1 amide bonds. The van der Waals surface area contributed by atoms with E-state index in [0.717, 1.165) is 55.6 Å². The molecule has 0 aliphatic carbocycles. The second-order valence-corrected chi connectivity index (χ2v) is 10.2. The number of aromatic nitrogens is 2. The molecule has 200 valence electrons. The predicted octanol–water partition coefficient (Wildman–Crippen LogP) is 4.62. The molecule has 0 saturated carbocycles. The Bertz CT molecular complexity index is 1290. The van der Waals surface area contributed by atoms with Crippen molar-refractivity contribution in [2.24, 2.45) is 0 Å². The zero-order valence-electron chi connectivity index (χ0n) is 21.5. The van der Waals surface area contributed by atoms with Crippen LogP contribution in [0.2, 0.25) is 0 Å². The molecule has 2 aromatic carbocycles. The maximum absolute atomic E-state index is 14.0. The first-order valence-electron chi connectivity index (χ1n) is 12.7. The fraction of sp³-hybridized carbons (Fsp3) is 0.393. The van der Waals surface area contributed by atoms with E-state index in [9.17, 15) is 18.0 Å². The van der Waals surface area contributed by atoms with Gasteiger partial charge in [-0.05, 0) is 53.9 Å². The lowest BCUT2D eigenvalue weighted by molar-refractivity contribution is -0.138. The van der Waals surface area contributed by atoms with Crippen molar-refractivity contribution in [3.05, 3.63) is 82.9 Å². The highest BCUT2D eigenvalue weighted by atomic mass is 19.4. The van der Waals surface area contributed by atoms with Gasteiger partial charge in [0.15, 0.2) is 0 Å². The Balaban J connectivity index is 1.33. The van der Waals surface area contributed by atoms with Gasteiger partial charge in [0.05, 0.1) is 23.6 Å². The number of hydrogen-bond acceptors (Lipinski definition) is 6. The van der Waals surface area contributed by atoms with E-state index in [4.69, 9.17) is 0 Å². The first-order valence-corrected chi connectivity index (χ1v) is 12.7. The van der Waals surface area contributed by atoms with Crippen molar-refractivity contribution in [3.8, 4) is 0 Å². The van der Waals surface area contributed by atoms with E-state index in [1.807, 2.05) is 24.1 Å². The molecule has 3 heterocycles. The van der Waals surface area contributed by atoms with Gasteiger partial charge in [0, 0.05) is 57.1 Å². The Morgan fingerprint density at radius 1 is 1.05 bits per heavy atom. The van der Waals surface area contributed by atoms with Crippen molar-refractivity contribution in [3.63, 3.8) is 0 Å². The zero-order valence-corrected chi connectivity index (χ0v) is 21.5. The number of piperazine rings is 1. The van der Waals surface area contributed by atoms with E-state index in [2.05, 4.69) is 32.0 Å². The Labute approximate surface area is 220 Å². The molecule has 38 heavy (non-hydrogen) atoms. The molecular weight excluding hydrogens is 493 g/mol. The molecule has 1 aromatic heterocycles. The predicted molar refractivity (Wildman–Crippen MR) is 140 cm³/mol. The summed E-state index contributed by atoms with van der Waals surface area (Å²) in [6.45, 7) is 6.83. The summed E-state index contributed by atoms with van der Waals surface area (Å²) >= 11 is 0. The number of halogens is 3. The molecule has 5 rings (SSSR count). The molecule has 2 aliphatic rings. The van der Waals surface area contributed by atoms with Gasteiger partial charge in [0.1, 0.15) is 6.33 Å². The number of carbonyl (C=O) groups excluding carboxylic acids is 1. The van der Waals surface area contributed by atoms with Crippen LogP contribution in [-0.4, -0.2) is 65.4 Å². The Kier molecular flexibility index (Phi) is 7.36. The second-order valence-electron chi connectivity index (χ2n) is 10.2. The van der Waals surface area contributed by atoms with Crippen LogP contribution in [-0.2, 0) is 19.3 Å². The lowest BCUT2D eigenvalue weighted by Gasteiger charge is -2.34. The number of likely N-dealkylation sites (N-methyl/N-ethyl adjacent to an activating group) is 1. The molecule has 1 N–H and O–H groups in total. The van der Waals surface area contributed by atoms with Crippen molar-refractivity contribution < 1.29 is 18.0 Å². The summed E-state index contributed by atoms with van der Waals surface area (Å²) in [6.07, 6.45) is 0.478. The number of amides is 1. The first-order chi connectivity index (χ1) is 18.2. The van der Waals surface area contributed by atoms with Gasteiger partial charge >= 0.3 is 6.18 Å². The fourth-order valence-electron chi connectivity index (χ4n) is 5.22. The van der Waals surface area contributed by atoms with Crippen LogP contribution in [0.25, 0.3) is 0 Å². The van der Waals surface area contributed by atoms with Crippen LogP contribution >= 0.6 is 0 Å². The summed E-state index contributed by atoms with van der Waals surface area (Å²) < 4.78 is 41.9. The SMILES string of the molecule is CC1CN(c2cncnc2)Cc2cc(C(=O)Nc3ccc(CN4CCN(C)CC4)c(C(F)(F)F)c3)ccc21. The van der Waals surface area contributed by atoms with Crippen LogP contribution < -0.4 is 10.2 Å². The number of benzene rings is 2. The van der Waals surface area contributed by atoms with Gasteiger partial charge in [-0.2, -0.15) is 13.2 Å². The highest BCUT2D eigenvalue weighted by molar-refractivity contribution is 6.04. The third kappa shape index (κ3) is 5.81. The van der Waals surface area contributed by atoms with Gasteiger partial charge in [-0.15, -0.1) is 0 Å². The van der Waals surface area contributed by atoms with Gasteiger partial charge in [0.25, 0.3) is 5.91 Å². The summed E-state index contributed by atoms with van der Waals surface area (Å²) in [6, 6.07) is 9.57. The highest BCUT2D eigenvalue weighted by Gasteiger charge is 2.34. The van der Waals surface area contributed by atoms with Crippen LogP contribution in [0.4, 0.5) is 24.5 Å². The summed E-state index contributed by atoms with van der Waals surface area (Å²) in [7, 11) is 2.01. The van der Waals surface area contributed by atoms with E-state index >= 15 is 0 Å². The molecular formula is C28H31F3N6O. The number of anilines is 2. The van der Waals surface area contributed by atoms with Crippen LogP contribution in [0, 0.1) is 0 Å². The number of carbonyl (C=O) groups is 1. The highest BCUT2D eigenvalue weighted by Crippen LogP contribution is 2.35. The Morgan fingerprint density at radius 2 is 1.79 bits per heavy atom. The smallest absolute Gasteiger partial charge is 0.364 e. The molecule has 1 atom stereocenters. The normalized spacial score (nSPS) is 18.8. The monoisotopic (exact) mass is 524 g/mol. The van der Waals surface area contributed by atoms with Gasteiger partial charge < -0.3 is 15.1 Å². The fourth-order valence-corrected chi connectivity index (χ4v) is 5.22. The van der Waals surface area contributed by atoms with E-state index in [0.29, 0.717) is 12.1 Å².